The molecule has 6 nitrogen and oxygen atoms in total. The Kier molecular flexibility index (Phi) is 7.89. The van der Waals surface area contributed by atoms with Crippen LogP contribution in [0.2, 0.25) is 0 Å². The Morgan fingerprint density at radius 3 is 2.26 bits per heavy atom. The van der Waals surface area contributed by atoms with Crippen LogP contribution in [-0.2, 0) is 0 Å². The molecular weight excluding hydrogens is 478 g/mol. The van der Waals surface area contributed by atoms with Crippen molar-refractivity contribution in [3.05, 3.63) is 116 Å². The van der Waals surface area contributed by atoms with E-state index in [4.69, 9.17) is 4.74 Å². The Bertz CT molecular complexity index is 1400. The lowest BCUT2D eigenvalue weighted by Gasteiger charge is -2.26. The highest BCUT2D eigenvalue weighted by atomic mass is 35.5. The van der Waals surface area contributed by atoms with Crippen LogP contribution in [0.1, 0.15) is 35.7 Å². The molecule has 2 unspecified atom stereocenters. The van der Waals surface area contributed by atoms with Crippen LogP contribution in [-0.4, -0.2) is 12.2 Å². The summed E-state index contributed by atoms with van der Waals surface area (Å²) in [5, 5.41) is 15.8. The van der Waals surface area contributed by atoms with E-state index in [9.17, 15) is 23.5 Å². The van der Waals surface area contributed by atoms with E-state index in [0.29, 0.717) is 17.0 Å². The van der Waals surface area contributed by atoms with E-state index in [2.05, 4.69) is 10.6 Å². The minimum atomic E-state index is -0.924. The lowest BCUT2D eigenvalue weighted by Crippen LogP contribution is -2.32. The third-order valence-electron chi connectivity index (χ3n) is 5.67. The van der Waals surface area contributed by atoms with Crippen molar-refractivity contribution < 1.29 is 18.6 Å². The van der Waals surface area contributed by atoms with Gasteiger partial charge < -0.3 is 15.2 Å². The molecule has 0 fully saturated rings. The van der Waals surface area contributed by atoms with Gasteiger partial charge in [-0.3, -0.25) is 14.9 Å². The fraction of sp³-hybridized carbons (Fsp3) is 0.154. The van der Waals surface area contributed by atoms with Crippen LogP contribution in [0.4, 0.5) is 20.2 Å². The molecule has 0 spiro atoms. The molecule has 0 saturated carbocycles. The molecule has 9 heteroatoms. The Morgan fingerprint density at radius 1 is 0.914 bits per heavy atom. The Labute approximate surface area is 206 Å². The second-order valence-corrected chi connectivity index (χ2v) is 7.89. The fourth-order valence-corrected chi connectivity index (χ4v) is 3.81. The van der Waals surface area contributed by atoms with Crippen molar-refractivity contribution in [1.82, 2.24) is 5.32 Å². The normalized spacial score (nSPS) is 12.6. The summed E-state index contributed by atoms with van der Waals surface area (Å²) in [5.74, 6) is -1.23. The van der Waals surface area contributed by atoms with Crippen LogP contribution in [0.3, 0.4) is 0 Å². The summed E-state index contributed by atoms with van der Waals surface area (Å²) in [5.41, 5.74) is 0.549. The molecule has 0 radical (unpaired) electrons. The summed E-state index contributed by atoms with van der Waals surface area (Å²) in [7, 11) is 1.57. The van der Waals surface area contributed by atoms with Crippen LogP contribution in [0.15, 0.2) is 76.3 Å². The first-order valence-electron chi connectivity index (χ1n) is 10.5. The van der Waals surface area contributed by atoms with Gasteiger partial charge in [0.05, 0.1) is 13.2 Å². The quantitative estimate of drug-likeness (QED) is 0.299. The van der Waals surface area contributed by atoms with Gasteiger partial charge in [0.2, 0.25) is 0 Å². The molecule has 4 aromatic rings. The largest absolute Gasteiger partial charge is 0.502 e. The number of rotatable bonds is 8. The number of ether oxygens (including phenoxy) is 1. The number of nitrogens with one attached hydrogen (secondary N) is 2. The molecule has 0 aliphatic rings. The van der Waals surface area contributed by atoms with Gasteiger partial charge in [0, 0.05) is 23.4 Å². The Hall–Kier alpha value is -3.75. The Balaban J connectivity index is 0.00000342. The number of aromatic hydroxyl groups is 1. The zero-order valence-corrected chi connectivity index (χ0v) is 19.7. The average molecular weight is 501 g/mol. The molecule has 0 bridgehead atoms. The standard InChI is InChI=1S/C26H22F2N2O4.ClH/c1-14(20-11-8-17(27)13-21(20)28)29-22(15-6-9-19(34-2)10-7-15)16-4-3-5-18(12-16)30-23-24(31)26(33)25(23)32;/h3-14,22,29-31H,1-2H3;1H. The van der Waals surface area contributed by atoms with Gasteiger partial charge in [-0.05, 0) is 48.4 Å². The summed E-state index contributed by atoms with van der Waals surface area (Å²) in [4.78, 5) is 23.0. The molecule has 0 aliphatic carbocycles. The highest BCUT2D eigenvalue weighted by Gasteiger charge is 2.22. The van der Waals surface area contributed by atoms with E-state index in [-0.39, 0.29) is 18.1 Å². The molecule has 4 aromatic carbocycles. The van der Waals surface area contributed by atoms with E-state index in [1.54, 1.807) is 44.4 Å². The zero-order chi connectivity index (χ0) is 24.4. The van der Waals surface area contributed by atoms with Gasteiger partial charge in [-0.1, -0.05) is 30.3 Å². The molecule has 182 valence electrons. The minimum absolute atomic E-state index is 0. The second-order valence-electron chi connectivity index (χ2n) is 7.89. The molecule has 0 saturated heterocycles. The maximum Gasteiger partial charge on any atom is 0.271 e. The van der Waals surface area contributed by atoms with Crippen LogP contribution in [0, 0.1) is 11.6 Å². The topological polar surface area (TPSA) is 87.7 Å². The molecule has 0 aromatic heterocycles. The lowest BCUT2D eigenvalue weighted by molar-refractivity contribution is 0.414. The first kappa shape index (κ1) is 25.9. The van der Waals surface area contributed by atoms with Gasteiger partial charge in [-0.2, -0.15) is 0 Å². The maximum absolute atomic E-state index is 14.4. The number of halogens is 3. The van der Waals surface area contributed by atoms with Crippen LogP contribution >= 0.6 is 12.4 Å². The van der Waals surface area contributed by atoms with Crippen molar-refractivity contribution in [2.24, 2.45) is 0 Å². The van der Waals surface area contributed by atoms with E-state index in [1.807, 2.05) is 18.2 Å². The molecule has 2 atom stereocenters. The highest BCUT2D eigenvalue weighted by Crippen LogP contribution is 2.31. The lowest BCUT2D eigenvalue weighted by atomic mass is 9.96. The van der Waals surface area contributed by atoms with Crippen molar-refractivity contribution in [2.75, 3.05) is 12.4 Å². The van der Waals surface area contributed by atoms with E-state index >= 15 is 0 Å². The van der Waals surface area contributed by atoms with Crippen molar-refractivity contribution in [3.8, 4) is 11.5 Å². The van der Waals surface area contributed by atoms with E-state index in [0.717, 1.165) is 17.2 Å². The monoisotopic (exact) mass is 500 g/mol. The van der Waals surface area contributed by atoms with Crippen LogP contribution < -0.4 is 26.2 Å². The van der Waals surface area contributed by atoms with E-state index in [1.165, 1.54) is 12.1 Å². The molecule has 0 amide bonds. The third-order valence-corrected chi connectivity index (χ3v) is 5.67. The predicted octanol–water partition coefficient (Wildman–Crippen LogP) is 4.88. The fourth-order valence-electron chi connectivity index (χ4n) is 3.81. The van der Waals surface area contributed by atoms with Crippen molar-refractivity contribution >= 4 is 23.8 Å². The zero-order valence-electron chi connectivity index (χ0n) is 18.8. The number of hydrogen-bond acceptors (Lipinski definition) is 6. The highest BCUT2D eigenvalue weighted by molar-refractivity contribution is 5.85. The summed E-state index contributed by atoms with van der Waals surface area (Å²) in [6, 6.07) is 16.9. The van der Waals surface area contributed by atoms with Crippen molar-refractivity contribution in [1.29, 1.82) is 0 Å². The molecule has 0 aliphatic heterocycles. The summed E-state index contributed by atoms with van der Waals surface area (Å²) < 4.78 is 33.0. The summed E-state index contributed by atoms with van der Waals surface area (Å²) in [6.45, 7) is 1.77. The maximum atomic E-state index is 14.4. The first-order valence-corrected chi connectivity index (χ1v) is 10.5. The third kappa shape index (κ3) is 5.34. The van der Waals surface area contributed by atoms with Gasteiger partial charge in [0.15, 0.2) is 5.75 Å². The van der Waals surface area contributed by atoms with Gasteiger partial charge in [-0.15, -0.1) is 12.4 Å². The molecule has 3 N–H and O–H groups in total. The van der Waals surface area contributed by atoms with Crippen molar-refractivity contribution in [3.63, 3.8) is 0 Å². The SMILES string of the molecule is COc1ccc(C(NC(C)c2ccc(F)cc2F)c2cccc(Nc3c(O)c(=O)c3=O)c2)cc1.Cl. The molecular formula is C26H23ClF2N2O4. The average Bonchev–Trinajstić information content (AvgIpc) is 2.85. The number of hydrogen-bond donors (Lipinski definition) is 3. The molecule has 4 rings (SSSR count). The minimum Gasteiger partial charge on any atom is -0.502 e. The van der Waals surface area contributed by atoms with Gasteiger partial charge in [0.25, 0.3) is 10.9 Å². The van der Waals surface area contributed by atoms with Crippen LogP contribution in [0.5, 0.6) is 11.5 Å². The van der Waals surface area contributed by atoms with Crippen molar-refractivity contribution in [2.45, 2.75) is 19.0 Å². The summed E-state index contributed by atoms with van der Waals surface area (Å²) >= 11 is 0. The van der Waals surface area contributed by atoms with Gasteiger partial charge >= 0.3 is 0 Å². The van der Waals surface area contributed by atoms with Gasteiger partial charge in [0.1, 0.15) is 23.1 Å². The molecule has 35 heavy (non-hydrogen) atoms. The first-order chi connectivity index (χ1) is 16.3. The second kappa shape index (κ2) is 10.7. The predicted molar refractivity (Wildman–Crippen MR) is 133 cm³/mol. The number of methoxy groups -OCH3 is 1. The number of benzene rings is 3. The summed E-state index contributed by atoms with van der Waals surface area (Å²) in [6.07, 6.45) is 0. The number of anilines is 2. The Morgan fingerprint density at radius 2 is 1.63 bits per heavy atom. The van der Waals surface area contributed by atoms with Crippen LogP contribution in [0.25, 0.3) is 0 Å². The molecule has 0 heterocycles. The van der Waals surface area contributed by atoms with Gasteiger partial charge in [-0.25, -0.2) is 8.78 Å². The smallest absolute Gasteiger partial charge is 0.271 e. The van der Waals surface area contributed by atoms with E-state index < -0.39 is 40.3 Å².